The highest BCUT2D eigenvalue weighted by atomic mass is 32.2. The summed E-state index contributed by atoms with van der Waals surface area (Å²) in [6, 6.07) is 52.8. The van der Waals surface area contributed by atoms with E-state index in [9.17, 15) is 0 Å². The molecule has 2 unspecified atom stereocenters. The topological polar surface area (TPSA) is 61.7 Å². The molecule has 64 heavy (non-hydrogen) atoms. The maximum Gasteiger partial charge on any atom is 0.161 e. The van der Waals surface area contributed by atoms with E-state index in [1.165, 1.54) is 47.3 Å². The van der Waals surface area contributed by atoms with Gasteiger partial charge < -0.3 is 4.42 Å². The van der Waals surface area contributed by atoms with E-state index in [1.54, 1.807) is 6.08 Å². The monoisotopic (exact) mass is 859 g/mol. The first kappa shape index (κ1) is 39.5. The Hall–Kier alpha value is -7.38. The number of hydrogen-bond donors (Lipinski definition) is 1. The van der Waals surface area contributed by atoms with Crippen LogP contribution < -0.4 is 0 Å². The van der Waals surface area contributed by atoms with E-state index in [0.29, 0.717) is 16.6 Å². The van der Waals surface area contributed by atoms with Gasteiger partial charge in [0.1, 0.15) is 11.2 Å². The molecule has 1 aliphatic carbocycles. The number of allylic oxidation sites excluding steroid dienone is 8. The van der Waals surface area contributed by atoms with Crippen LogP contribution in [0, 0.1) is 5.41 Å². The highest BCUT2D eigenvalue weighted by Crippen LogP contribution is 2.53. The van der Waals surface area contributed by atoms with E-state index in [2.05, 4.69) is 110 Å². The molecular formula is C58H41N3OS2. The van der Waals surface area contributed by atoms with E-state index < -0.39 is 0 Å². The number of thiophene rings is 1. The van der Waals surface area contributed by atoms with Crippen LogP contribution in [0.1, 0.15) is 46.2 Å². The third-order valence-electron chi connectivity index (χ3n) is 12.1. The SMILES string of the molecule is C=C/C=C(\C=C/C)c1cccc(C(=N)N=C(N=Cc2cccc3oc4ccc(-c5cccc6c5C5C=C(c7ccc8c(c7)sc7ccccc78)C=CC5S6)cc4c23)c2ccccc2)c1. The second-order valence-corrected chi connectivity index (χ2v) is 18.3. The molecule has 0 saturated heterocycles. The van der Waals surface area contributed by atoms with Crippen molar-refractivity contribution < 1.29 is 4.42 Å². The molecule has 0 fully saturated rings. The van der Waals surface area contributed by atoms with Crippen molar-refractivity contribution in [1.82, 2.24) is 0 Å². The number of thioether (sulfide) groups is 1. The van der Waals surface area contributed by atoms with Gasteiger partial charge in [-0.2, -0.15) is 0 Å². The van der Waals surface area contributed by atoms with Gasteiger partial charge in [0.25, 0.3) is 0 Å². The van der Waals surface area contributed by atoms with Crippen molar-refractivity contribution >= 4 is 94.2 Å². The van der Waals surface area contributed by atoms with Crippen LogP contribution >= 0.6 is 23.1 Å². The fourth-order valence-corrected chi connectivity index (χ4v) is 11.6. The van der Waals surface area contributed by atoms with Gasteiger partial charge in [-0.05, 0) is 88.4 Å². The van der Waals surface area contributed by atoms with E-state index in [1.807, 2.05) is 121 Å². The maximum absolute atomic E-state index is 9.12. The molecular weight excluding hydrogens is 819 g/mol. The zero-order valence-electron chi connectivity index (χ0n) is 35.0. The minimum atomic E-state index is 0.122. The normalized spacial score (nSPS) is 16.4. The summed E-state index contributed by atoms with van der Waals surface area (Å²) in [5.41, 5.74) is 12.3. The standard InChI is InChI=1S/C58H41N3OS2/c1-3-13-36(14-4-2)38-17-10-18-42(31-38)57(59)61-58(37-15-6-5-7-16-37)60-35-43-19-11-22-50-55(43)47-33-41(26-29-49(47)62-50)44-21-12-24-53-56(44)48-32-39(27-30-52(48)63-53)40-25-28-46-45-20-8-9-23-51(45)64-54(46)34-40/h3-35,48,52,59H,1H2,2H3/b14-4-,36-13+,59-57?,60-35?,61-58?. The molecule has 0 saturated carbocycles. The molecule has 306 valence electrons. The Morgan fingerprint density at radius 1 is 0.719 bits per heavy atom. The van der Waals surface area contributed by atoms with E-state index >= 15 is 0 Å². The second kappa shape index (κ2) is 16.7. The van der Waals surface area contributed by atoms with Gasteiger partial charge in [-0.15, -0.1) is 23.1 Å². The fourth-order valence-electron chi connectivity index (χ4n) is 9.10. The van der Waals surface area contributed by atoms with Crippen LogP contribution in [-0.4, -0.2) is 23.1 Å². The van der Waals surface area contributed by atoms with Gasteiger partial charge in [0.05, 0.1) is 0 Å². The van der Waals surface area contributed by atoms with Crippen molar-refractivity contribution in [2.45, 2.75) is 23.0 Å². The summed E-state index contributed by atoms with van der Waals surface area (Å²) in [4.78, 5) is 11.2. The molecule has 9 aromatic rings. The fraction of sp³-hybridized carbons (Fsp3) is 0.0517. The van der Waals surface area contributed by atoms with Crippen molar-refractivity contribution in [2.75, 3.05) is 0 Å². The van der Waals surface area contributed by atoms with Gasteiger partial charge in [-0.1, -0.05) is 158 Å². The van der Waals surface area contributed by atoms with E-state index in [0.717, 1.165) is 49.8 Å². The number of nitrogens with one attached hydrogen (secondary N) is 1. The maximum atomic E-state index is 9.12. The molecule has 4 nitrogen and oxygen atoms in total. The summed E-state index contributed by atoms with van der Waals surface area (Å²) in [5.74, 6) is 0.808. The lowest BCUT2D eigenvalue weighted by molar-refractivity contribution is 0.669. The molecule has 0 radical (unpaired) electrons. The van der Waals surface area contributed by atoms with Gasteiger partial charge in [0.15, 0.2) is 11.7 Å². The number of rotatable bonds is 8. The summed E-state index contributed by atoms with van der Waals surface area (Å²) < 4.78 is 9.14. The number of hydrogen-bond acceptors (Lipinski definition) is 4. The Bertz CT molecular complexity index is 3540. The van der Waals surface area contributed by atoms with Gasteiger partial charge in [-0.25, -0.2) is 9.98 Å². The number of fused-ring (bicyclic) bond motifs is 9. The smallest absolute Gasteiger partial charge is 0.161 e. The number of aliphatic imine (C=N–C) groups is 2. The first-order chi connectivity index (χ1) is 31.5. The van der Waals surface area contributed by atoms with E-state index in [-0.39, 0.29) is 11.8 Å². The first-order valence-electron chi connectivity index (χ1n) is 21.4. The predicted molar refractivity (Wildman–Crippen MR) is 275 cm³/mol. The molecule has 1 N–H and O–H groups in total. The van der Waals surface area contributed by atoms with Crippen molar-refractivity contribution in [3.8, 4) is 11.1 Å². The Morgan fingerprint density at radius 2 is 1.52 bits per heavy atom. The first-order valence-corrected chi connectivity index (χ1v) is 23.1. The zero-order valence-corrected chi connectivity index (χ0v) is 36.7. The molecule has 11 rings (SSSR count). The molecule has 0 spiro atoms. The average Bonchev–Trinajstić information content (AvgIpc) is 4.03. The Balaban J connectivity index is 0.955. The number of amidine groups is 2. The third kappa shape index (κ3) is 7.21. The molecule has 0 amide bonds. The Morgan fingerprint density at radius 3 is 2.41 bits per heavy atom. The highest BCUT2D eigenvalue weighted by molar-refractivity contribution is 8.00. The number of furan rings is 1. The van der Waals surface area contributed by atoms with Crippen molar-refractivity contribution in [3.05, 3.63) is 234 Å². The van der Waals surface area contributed by atoms with Crippen LogP contribution in [0.5, 0.6) is 0 Å². The molecule has 1 aliphatic heterocycles. The quantitative estimate of drug-likeness (QED) is 0.0940. The van der Waals surface area contributed by atoms with Crippen molar-refractivity contribution in [1.29, 1.82) is 5.41 Å². The van der Waals surface area contributed by atoms with Crippen LogP contribution in [-0.2, 0) is 0 Å². The lowest BCUT2D eigenvalue weighted by atomic mass is 9.83. The van der Waals surface area contributed by atoms with Crippen LogP contribution in [0.3, 0.4) is 0 Å². The molecule has 2 aromatic heterocycles. The van der Waals surface area contributed by atoms with Gasteiger partial charge in [-0.3, -0.25) is 5.41 Å². The van der Waals surface area contributed by atoms with Crippen LogP contribution in [0.25, 0.3) is 64.4 Å². The van der Waals surface area contributed by atoms with Crippen molar-refractivity contribution in [3.63, 3.8) is 0 Å². The Labute approximate surface area is 380 Å². The van der Waals surface area contributed by atoms with Gasteiger partial charge in [0, 0.05) is 69.9 Å². The minimum Gasteiger partial charge on any atom is -0.456 e. The Kier molecular flexibility index (Phi) is 10.3. The molecule has 3 heterocycles. The minimum absolute atomic E-state index is 0.122. The summed E-state index contributed by atoms with van der Waals surface area (Å²) in [6.07, 6.45) is 16.8. The summed E-state index contributed by atoms with van der Waals surface area (Å²) in [6.45, 7) is 5.87. The average molecular weight is 860 g/mol. The summed E-state index contributed by atoms with van der Waals surface area (Å²) in [7, 11) is 0. The largest absolute Gasteiger partial charge is 0.456 e. The lowest BCUT2D eigenvalue weighted by Gasteiger charge is -2.21. The number of benzene rings is 7. The highest BCUT2D eigenvalue weighted by Gasteiger charge is 2.35. The second-order valence-electron chi connectivity index (χ2n) is 16.0. The molecule has 0 bridgehead atoms. The lowest BCUT2D eigenvalue weighted by Crippen LogP contribution is -2.09. The zero-order chi connectivity index (χ0) is 43.1. The van der Waals surface area contributed by atoms with Crippen LogP contribution in [0.2, 0.25) is 0 Å². The predicted octanol–water partition coefficient (Wildman–Crippen LogP) is 15.9. The number of nitrogens with zero attached hydrogens (tertiary/aromatic N) is 2. The van der Waals surface area contributed by atoms with Crippen LogP contribution in [0.15, 0.2) is 220 Å². The summed E-state index contributed by atoms with van der Waals surface area (Å²) >= 11 is 3.82. The third-order valence-corrected chi connectivity index (χ3v) is 14.5. The molecule has 7 aromatic carbocycles. The van der Waals surface area contributed by atoms with Crippen LogP contribution in [0.4, 0.5) is 0 Å². The van der Waals surface area contributed by atoms with Gasteiger partial charge in [0.2, 0.25) is 0 Å². The molecule has 2 atom stereocenters. The van der Waals surface area contributed by atoms with E-state index in [4.69, 9.17) is 19.8 Å². The van der Waals surface area contributed by atoms with Crippen molar-refractivity contribution in [2.24, 2.45) is 9.98 Å². The molecule has 2 aliphatic rings. The molecule has 6 heteroatoms. The van der Waals surface area contributed by atoms with Gasteiger partial charge >= 0.3 is 0 Å². The summed E-state index contributed by atoms with van der Waals surface area (Å²) in [5, 5.41) is 14.1.